The Bertz CT molecular complexity index is 358. The second-order valence-corrected chi connectivity index (χ2v) is 4.91. The normalized spacial score (nSPS) is 10.9. The van der Waals surface area contributed by atoms with Gasteiger partial charge in [-0.05, 0) is 42.9 Å². The number of hydrogen-bond acceptors (Lipinski definition) is 0. The Morgan fingerprint density at radius 3 is 2.22 bits per heavy atom. The second kappa shape index (κ2) is 8.23. The van der Waals surface area contributed by atoms with Gasteiger partial charge in [0, 0.05) is 0 Å². The van der Waals surface area contributed by atoms with Gasteiger partial charge < -0.3 is 0 Å². The van der Waals surface area contributed by atoms with E-state index in [9.17, 15) is 8.78 Å². The highest BCUT2D eigenvalue weighted by molar-refractivity contribution is 5.30. The van der Waals surface area contributed by atoms with Gasteiger partial charge in [-0.2, -0.15) is 0 Å². The first-order valence-electron chi connectivity index (χ1n) is 7.16. The Balaban J connectivity index is 2.73. The van der Waals surface area contributed by atoms with Crippen LogP contribution in [-0.2, 0) is 12.8 Å². The molecule has 0 unspecified atom stereocenters. The maximum Gasteiger partial charge on any atom is 0.162 e. The Morgan fingerprint density at radius 1 is 0.833 bits per heavy atom. The quantitative estimate of drug-likeness (QED) is 0.543. The molecule has 0 bridgehead atoms. The topological polar surface area (TPSA) is 0 Å². The van der Waals surface area contributed by atoms with Crippen LogP contribution in [0, 0.1) is 11.6 Å². The van der Waals surface area contributed by atoms with Crippen LogP contribution in [-0.4, -0.2) is 0 Å². The van der Waals surface area contributed by atoms with Crippen molar-refractivity contribution in [3.63, 3.8) is 0 Å². The summed E-state index contributed by atoms with van der Waals surface area (Å²) in [6.45, 7) is 4.26. The first-order chi connectivity index (χ1) is 8.70. The molecule has 0 aliphatic heterocycles. The Kier molecular flexibility index (Phi) is 6.92. The molecule has 18 heavy (non-hydrogen) atoms. The number of aryl methyl sites for hydroxylation is 1. The van der Waals surface area contributed by atoms with Crippen LogP contribution in [0.2, 0.25) is 0 Å². The fourth-order valence-corrected chi connectivity index (χ4v) is 2.23. The smallest absolute Gasteiger partial charge is 0.162 e. The molecule has 0 amide bonds. The van der Waals surface area contributed by atoms with E-state index in [1.807, 2.05) is 0 Å². The molecule has 0 fully saturated rings. The molecule has 1 rings (SSSR count). The SMILES string of the molecule is CCCCCCc1c(CCCC)ccc(F)c1F. The summed E-state index contributed by atoms with van der Waals surface area (Å²) >= 11 is 0. The largest absolute Gasteiger partial charge is 0.204 e. The van der Waals surface area contributed by atoms with Gasteiger partial charge in [0.2, 0.25) is 0 Å². The number of hydrogen-bond donors (Lipinski definition) is 0. The van der Waals surface area contributed by atoms with Crippen molar-refractivity contribution in [1.29, 1.82) is 0 Å². The van der Waals surface area contributed by atoms with Crippen molar-refractivity contribution in [3.8, 4) is 0 Å². The molecule has 102 valence electrons. The highest BCUT2D eigenvalue weighted by Crippen LogP contribution is 2.21. The van der Waals surface area contributed by atoms with E-state index >= 15 is 0 Å². The zero-order valence-corrected chi connectivity index (χ0v) is 11.6. The van der Waals surface area contributed by atoms with Crippen molar-refractivity contribution < 1.29 is 8.78 Å². The number of unbranched alkanes of at least 4 members (excludes halogenated alkanes) is 4. The predicted octanol–water partition coefficient (Wildman–Crippen LogP) is 5.43. The van der Waals surface area contributed by atoms with E-state index in [-0.39, 0.29) is 0 Å². The zero-order chi connectivity index (χ0) is 13.4. The van der Waals surface area contributed by atoms with Crippen molar-refractivity contribution in [2.75, 3.05) is 0 Å². The number of halogens is 2. The summed E-state index contributed by atoms with van der Waals surface area (Å²) in [4.78, 5) is 0. The zero-order valence-electron chi connectivity index (χ0n) is 11.6. The van der Waals surface area contributed by atoms with Crippen LogP contribution in [0.15, 0.2) is 12.1 Å². The van der Waals surface area contributed by atoms with Crippen LogP contribution in [0.1, 0.15) is 63.5 Å². The minimum Gasteiger partial charge on any atom is -0.204 e. The minimum atomic E-state index is -0.708. The van der Waals surface area contributed by atoms with Crippen molar-refractivity contribution in [1.82, 2.24) is 0 Å². The number of rotatable bonds is 8. The Hall–Kier alpha value is -0.920. The van der Waals surface area contributed by atoms with Crippen LogP contribution in [0.3, 0.4) is 0 Å². The molecule has 0 aliphatic carbocycles. The molecule has 0 saturated carbocycles. The van der Waals surface area contributed by atoms with Crippen LogP contribution in [0.4, 0.5) is 8.78 Å². The van der Waals surface area contributed by atoms with Crippen molar-refractivity contribution in [3.05, 3.63) is 34.9 Å². The third-order valence-electron chi connectivity index (χ3n) is 3.37. The summed E-state index contributed by atoms with van der Waals surface area (Å²) in [7, 11) is 0. The Morgan fingerprint density at radius 2 is 1.56 bits per heavy atom. The van der Waals surface area contributed by atoms with Gasteiger partial charge in [0.05, 0.1) is 0 Å². The minimum absolute atomic E-state index is 0.611. The van der Waals surface area contributed by atoms with Crippen molar-refractivity contribution in [2.45, 2.75) is 65.2 Å². The summed E-state index contributed by atoms with van der Waals surface area (Å²) in [5.41, 5.74) is 1.60. The lowest BCUT2D eigenvalue weighted by molar-refractivity contribution is 0.492. The van der Waals surface area contributed by atoms with E-state index in [2.05, 4.69) is 13.8 Å². The highest BCUT2D eigenvalue weighted by Gasteiger charge is 2.12. The van der Waals surface area contributed by atoms with Gasteiger partial charge in [0.15, 0.2) is 11.6 Å². The molecule has 0 atom stereocenters. The molecule has 0 heterocycles. The monoisotopic (exact) mass is 254 g/mol. The lowest BCUT2D eigenvalue weighted by atomic mass is 9.96. The van der Waals surface area contributed by atoms with Gasteiger partial charge in [-0.25, -0.2) is 8.78 Å². The van der Waals surface area contributed by atoms with E-state index in [1.54, 1.807) is 6.07 Å². The summed E-state index contributed by atoms with van der Waals surface area (Å²) in [5, 5.41) is 0. The van der Waals surface area contributed by atoms with E-state index in [4.69, 9.17) is 0 Å². The lowest BCUT2D eigenvalue weighted by Crippen LogP contribution is -2.02. The van der Waals surface area contributed by atoms with E-state index < -0.39 is 11.6 Å². The fourth-order valence-electron chi connectivity index (χ4n) is 2.23. The highest BCUT2D eigenvalue weighted by atomic mass is 19.2. The van der Waals surface area contributed by atoms with Gasteiger partial charge in [0.25, 0.3) is 0 Å². The summed E-state index contributed by atoms with van der Waals surface area (Å²) < 4.78 is 27.1. The van der Waals surface area contributed by atoms with Crippen molar-refractivity contribution in [2.24, 2.45) is 0 Å². The molecular formula is C16H24F2. The van der Waals surface area contributed by atoms with Gasteiger partial charge >= 0.3 is 0 Å². The van der Waals surface area contributed by atoms with E-state index in [0.717, 1.165) is 44.1 Å². The lowest BCUT2D eigenvalue weighted by Gasteiger charge is -2.11. The molecule has 0 saturated heterocycles. The van der Waals surface area contributed by atoms with Crippen molar-refractivity contribution >= 4 is 0 Å². The van der Waals surface area contributed by atoms with Gasteiger partial charge in [0.1, 0.15) is 0 Å². The molecule has 0 aromatic heterocycles. The van der Waals surface area contributed by atoms with Crippen LogP contribution in [0.5, 0.6) is 0 Å². The molecule has 0 spiro atoms. The van der Waals surface area contributed by atoms with Gasteiger partial charge in [-0.3, -0.25) is 0 Å². The first kappa shape index (κ1) is 15.1. The fraction of sp³-hybridized carbons (Fsp3) is 0.625. The molecule has 1 aromatic rings. The molecule has 0 N–H and O–H groups in total. The average Bonchev–Trinajstić information content (AvgIpc) is 2.38. The van der Waals surface area contributed by atoms with E-state index in [0.29, 0.717) is 12.0 Å². The molecule has 1 aromatic carbocycles. The average molecular weight is 254 g/mol. The molecule has 2 heteroatoms. The van der Waals surface area contributed by atoms with Gasteiger partial charge in [-0.1, -0.05) is 45.6 Å². The standard InChI is InChI=1S/C16H24F2/c1-3-5-7-8-10-14-13(9-6-4-2)11-12-15(17)16(14)18/h11-12H,3-10H2,1-2H3. The van der Waals surface area contributed by atoms with Gasteiger partial charge in [-0.15, -0.1) is 0 Å². The Labute approximate surface area is 109 Å². The maximum atomic E-state index is 13.8. The number of benzene rings is 1. The van der Waals surface area contributed by atoms with Crippen LogP contribution in [0.25, 0.3) is 0 Å². The third kappa shape index (κ3) is 4.40. The van der Waals surface area contributed by atoms with Crippen LogP contribution >= 0.6 is 0 Å². The molecule has 0 radical (unpaired) electrons. The summed E-state index contributed by atoms with van der Waals surface area (Å²) in [5.74, 6) is -1.33. The first-order valence-corrected chi connectivity index (χ1v) is 7.16. The molecular weight excluding hydrogens is 230 g/mol. The van der Waals surface area contributed by atoms with E-state index in [1.165, 1.54) is 12.5 Å². The second-order valence-electron chi connectivity index (χ2n) is 4.91. The third-order valence-corrected chi connectivity index (χ3v) is 3.37. The molecule has 0 nitrogen and oxygen atoms in total. The summed E-state index contributed by atoms with van der Waals surface area (Å²) in [6.07, 6.45) is 8.02. The molecule has 0 aliphatic rings. The maximum absolute atomic E-state index is 13.8. The predicted molar refractivity (Wildman–Crippen MR) is 72.8 cm³/mol. The summed E-state index contributed by atoms with van der Waals surface area (Å²) in [6, 6.07) is 3.01. The van der Waals surface area contributed by atoms with Crippen LogP contribution < -0.4 is 0 Å².